The molecule has 0 saturated carbocycles. The van der Waals surface area contributed by atoms with Gasteiger partial charge in [0.2, 0.25) is 0 Å². The van der Waals surface area contributed by atoms with E-state index in [-0.39, 0.29) is 17.9 Å². The van der Waals surface area contributed by atoms with Crippen molar-refractivity contribution in [1.82, 2.24) is 14.5 Å². The van der Waals surface area contributed by atoms with Crippen LogP contribution in [0.3, 0.4) is 0 Å². The van der Waals surface area contributed by atoms with Crippen LogP contribution in [0.5, 0.6) is 0 Å². The number of rotatable bonds is 4. The molecule has 6 heteroatoms. The molecular weight excluding hydrogens is 395 g/mol. The summed E-state index contributed by atoms with van der Waals surface area (Å²) < 4.78 is 16.7. The first-order chi connectivity index (χ1) is 14.6. The smallest absolute Gasteiger partial charge is 0.160 e. The number of halogens is 1. The molecule has 0 unspecified atom stereocenters. The fourth-order valence-corrected chi connectivity index (χ4v) is 6.12. The molecular formula is C24H25FN4S. The molecule has 3 aromatic rings. The van der Waals surface area contributed by atoms with Crippen LogP contribution < -0.4 is 0 Å². The first kappa shape index (κ1) is 19.4. The predicted octanol–water partition coefficient (Wildman–Crippen LogP) is 5.61. The molecule has 1 aromatic carbocycles. The van der Waals surface area contributed by atoms with Crippen molar-refractivity contribution < 1.29 is 4.39 Å². The lowest BCUT2D eigenvalue weighted by Crippen LogP contribution is -2.35. The number of amidine groups is 1. The van der Waals surface area contributed by atoms with Crippen molar-refractivity contribution in [3.05, 3.63) is 83.2 Å². The van der Waals surface area contributed by atoms with Crippen molar-refractivity contribution in [2.45, 2.75) is 45.3 Å². The zero-order chi connectivity index (χ0) is 20.8. The van der Waals surface area contributed by atoms with E-state index in [1.54, 1.807) is 6.07 Å². The van der Waals surface area contributed by atoms with E-state index in [0.29, 0.717) is 11.7 Å². The summed E-state index contributed by atoms with van der Waals surface area (Å²) in [5, 5.41) is 1.11. The first-order valence-electron chi connectivity index (χ1n) is 10.4. The Morgan fingerprint density at radius 2 is 1.93 bits per heavy atom. The van der Waals surface area contributed by atoms with E-state index >= 15 is 0 Å². The molecule has 0 amide bonds. The number of benzene rings is 1. The second kappa shape index (κ2) is 7.58. The third-order valence-electron chi connectivity index (χ3n) is 6.21. The summed E-state index contributed by atoms with van der Waals surface area (Å²) in [6.07, 6.45) is 2.91. The van der Waals surface area contributed by atoms with Crippen LogP contribution in [0.15, 0.2) is 59.7 Å². The second-order valence-electron chi connectivity index (χ2n) is 7.95. The van der Waals surface area contributed by atoms with Crippen LogP contribution in [0.25, 0.3) is 5.69 Å². The van der Waals surface area contributed by atoms with Crippen LogP contribution >= 0.6 is 11.8 Å². The van der Waals surface area contributed by atoms with E-state index in [1.807, 2.05) is 53.7 Å². The van der Waals surface area contributed by atoms with Gasteiger partial charge in [0.15, 0.2) is 5.17 Å². The SMILES string of the molecule is CC[C@H]1CSC2=N[C@@H](c3ccccn3)[C@@H](c3cc(C)n(-c4ccccc4F)c3C)N21. The third-order valence-corrected chi connectivity index (χ3v) is 7.34. The minimum absolute atomic E-state index is 0.0578. The highest BCUT2D eigenvalue weighted by Crippen LogP contribution is 2.49. The van der Waals surface area contributed by atoms with Crippen LogP contribution in [0, 0.1) is 19.7 Å². The molecule has 2 aromatic heterocycles. The molecule has 2 aliphatic rings. The van der Waals surface area contributed by atoms with Gasteiger partial charge in [-0.15, -0.1) is 0 Å². The zero-order valence-corrected chi connectivity index (χ0v) is 18.2. The fraction of sp³-hybridized carbons (Fsp3) is 0.333. The predicted molar refractivity (Wildman–Crippen MR) is 121 cm³/mol. The molecule has 154 valence electrons. The topological polar surface area (TPSA) is 33.4 Å². The van der Waals surface area contributed by atoms with Crippen LogP contribution in [0.2, 0.25) is 0 Å². The number of thioether (sulfide) groups is 1. The number of hydrogen-bond acceptors (Lipinski definition) is 4. The fourth-order valence-electron chi connectivity index (χ4n) is 4.78. The van der Waals surface area contributed by atoms with Crippen molar-refractivity contribution in [1.29, 1.82) is 0 Å². The monoisotopic (exact) mass is 420 g/mol. The summed E-state index contributed by atoms with van der Waals surface area (Å²) in [7, 11) is 0. The summed E-state index contributed by atoms with van der Waals surface area (Å²) in [5.74, 6) is 0.853. The molecule has 2 aliphatic heterocycles. The third kappa shape index (κ3) is 2.97. The number of aliphatic imine (C=N–C) groups is 1. The van der Waals surface area contributed by atoms with Crippen molar-refractivity contribution in [3.63, 3.8) is 0 Å². The Morgan fingerprint density at radius 3 is 2.67 bits per heavy atom. The molecule has 4 heterocycles. The van der Waals surface area contributed by atoms with Crippen molar-refractivity contribution >= 4 is 16.9 Å². The molecule has 0 N–H and O–H groups in total. The number of para-hydroxylation sites is 1. The van der Waals surface area contributed by atoms with E-state index in [4.69, 9.17) is 4.99 Å². The van der Waals surface area contributed by atoms with Crippen LogP contribution in [-0.4, -0.2) is 31.4 Å². The van der Waals surface area contributed by atoms with Gasteiger partial charge in [-0.3, -0.25) is 9.98 Å². The Kier molecular flexibility index (Phi) is 4.89. The average molecular weight is 421 g/mol. The normalized spacial score (nSPS) is 23.0. The van der Waals surface area contributed by atoms with Crippen LogP contribution in [0.1, 0.15) is 48.1 Å². The van der Waals surface area contributed by atoms with E-state index in [1.165, 1.54) is 11.6 Å². The molecule has 4 nitrogen and oxygen atoms in total. The van der Waals surface area contributed by atoms with Gasteiger partial charge in [0, 0.05) is 29.4 Å². The zero-order valence-electron chi connectivity index (χ0n) is 17.4. The molecule has 0 aliphatic carbocycles. The summed E-state index contributed by atoms with van der Waals surface area (Å²) >= 11 is 1.84. The highest BCUT2D eigenvalue weighted by atomic mass is 32.2. The van der Waals surface area contributed by atoms with Crippen LogP contribution in [-0.2, 0) is 0 Å². The highest BCUT2D eigenvalue weighted by Gasteiger charge is 2.46. The summed E-state index contributed by atoms with van der Waals surface area (Å²) in [6, 6.07) is 15.7. The number of hydrogen-bond donors (Lipinski definition) is 0. The number of aromatic nitrogens is 2. The van der Waals surface area contributed by atoms with E-state index < -0.39 is 0 Å². The van der Waals surface area contributed by atoms with Gasteiger partial charge in [-0.25, -0.2) is 4.39 Å². The Labute approximate surface area is 180 Å². The van der Waals surface area contributed by atoms with Gasteiger partial charge in [-0.05, 0) is 56.2 Å². The molecule has 0 radical (unpaired) electrons. The van der Waals surface area contributed by atoms with Gasteiger partial charge in [0.1, 0.15) is 11.9 Å². The van der Waals surface area contributed by atoms with Crippen molar-refractivity contribution in [2.75, 3.05) is 5.75 Å². The maximum atomic E-state index is 14.6. The lowest BCUT2D eigenvalue weighted by atomic mass is 9.95. The Bertz CT molecular complexity index is 1110. The van der Waals surface area contributed by atoms with Gasteiger partial charge >= 0.3 is 0 Å². The molecule has 1 fully saturated rings. The largest absolute Gasteiger partial charge is 0.338 e. The summed E-state index contributed by atoms with van der Waals surface area (Å²) in [6.45, 7) is 6.37. The van der Waals surface area contributed by atoms with Gasteiger partial charge in [-0.1, -0.05) is 36.9 Å². The number of fused-ring (bicyclic) bond motifs is 1. The molecule has 0 bridgehead atoms. The van der Waals surface area contributed by atoms with Gasteiger partial charge < -0.3 is 9.47 Å². The van der Waals surface area contributed by atoms with E-state index in [2.05, 4.69) is 35.9 Å². The quantitative estimate of drug-likeness (QED) is 0.550. The van der Waals surface area contributed by atoms with Crippen molar-refractivity contribution in [2.24, 2.45) is 4.99 Å². The van der Waals surface area contributed by atoms with Crippen molar-refractivity contribution in [3.8, 4) is 5.69 Å². The standard InChI is InChI=1S/C24H25FN4S/c1-4-17-14-30-24-27-22(20-10-7-8-12-26-20)23(29(17)24)18-13-15(2)28(16(18)3)21-11-6-5-9-19(21)25/h5-13,17,22-23H,4,14H2,1-3H3/t17-,22-,23+/m0/s1. The Hall–Kier alpha value is -2.60. The second-order valence-corrected chi connectivity index (χ2v) is 8.94. The molecule has 30 heavy (non-hydrogen) atoms. The molecule has 5 rings (SSSR count). The molecule has 3 atom stereocenters. The Balaban J connectivity index is 1.66. The summed E-state index contributed by atoms with van der Waals surface area (Å²) in [4.78, 5) is 12.2. The minimum Gasteiger partial charge on any atom is -0.338 e. The maximum absolute atomic E-state index is 14.6. The minimum atomic E-state index is -0.210. The number of nitrogens with zero attached hydrogens (tertiary/aromatic N) is 4. The first-order valence-corrected chi connectivity index (χ1v) is 11.4. The lowest BCUT2D eigenvalue weighted by Gasteiger charge is -2.32. The highest BCUT2D eigenvalue weighted by molar-refractivity contribution is 8.14. The maximum Gasteiger partial charge on any atom is 0.160 e. The van der Waals surface area contributed by atoms with Crippen LogP contribution in [0.4, 0.5) is 4.39 Å². The molecule has 1 saturated heterocycles. The number of aryl methyl sites for hydroxylation is 1. The summed E-state index contributed by atoms with van der Waals surface area (Å²) in [5.41, 5.74) is 4.87. The lowest BCUT2D eigenvalue weighted by molar-refractivity contribution is 0.254. The van der Waals surface area contributed by atoms with Gasteiger partial charge in [0.05, 0.1) is 17.4 Å². The van der Waals surface area contributed by atoms with Gasteiger partial charge in [-0.2, -0.15) is 0 Å². The Morgan fingerprint density at radius 1 is 1.13 bits per heavy atom. The van der Waals surface area contributed by atoms with E-state index in [0.717, 1.165) is 34.4 Å². The number of pyridine rings is 1. The van der Waals surface area contributed by atoms with Gasteiger partial charge in [0.25, 0.3) is 0 Å². The molecule has 0 spiro atoms. The van der Waals surface area contributed by atoms with E-state index in [9.17, 15) is 4.39 Å². The average Bonchev–Trinajstić information content (AvgIpc) is 3.41.